The minimum Gasteiger partial charge on any atom is -0.494 e. The zero-order valence-corrected chi connectivity index (χ0v) is 9.79. The SMILES string of the molecule is COc1ccc(C2NCCCC2C)cc1F. The van der Waals surface area contributed by atoms with E-state index in [1.54, 1.807) is 12.1 Å². The van der Waals surface area contributed by atoms with Crippen molar-refractivity contribution in [2.75, 3.05) is 13.7 Å². The van der Waals surface area contributed by atoms with Gasteiger partial charge in [0, 0.05) is 6.04 Å². The van der Waals surface area contributed by atoms with E-state index in [0.717, 1.165) is 12.1 Å². The maximum absolute atomic E-state index is 13.6. The average molecular weight is 223 g/mol. The fourth-order valence-electron chi connectivity index (χ4n) is 2.37. The van der Waals surface area contributed by atoms with Crippen molar-refractivity contribution in [3.63, 3.8) is 0 Å². The van der Waals surface area contributed by atoms with Gasteiger partial charge in [0.15, 0.2) is 11.6 Å². The van der Waals surface area contributed by atoms with Gasteiger partial charge in [0.1, 0.15) is 0 Å². The normalized spacial score (nSPS) is 25.4. The molecular weight excluding hydrogens is 205 g/mol. The van der Waals surface area contributed by atoms with Gasteiger partial charge in [-0.05, 0) is 43.0 Å². The molecule has 1 aliphatic heterocycles. The Hall–Kier alpha value is -1.09. The molecule has 0 bridgehead atoms. The van der Waals surface area contributed by atoms with Crippen LogP contribution in [0.3, 0.4) is 0 Å². The lowest BCUT2D eigenvalue weighted by atomic mass is 9.88. The van der Waals surface area contributed by atoms with E-state index in [1.165, 1.54) is 20.0 Å². The summed E-state index contributed by atoms with van der Waals surface area (Å²) in [7, 11) is 1.49. The van der Waals surface area contributed by atoms with Crippen molar-refractivity contribution in [3.05, 3.63) is 29.6 Å². The third-order valence-corrected chi connectivity index (χ3v) is 3.30. The first-order chi connectivity index (χ1) is 7.72. The molecule has 0 saturated carbocycles. The van der Waals surface area contributed by atoms with E-state index in [-0.39, 0.29) is 11.9 Å². The van der Waals surface area contributed by atoms with Crippen LogP contribution < -0.4 is 10.1 Å². The van der Waals surface area contributed by atoms with Gasteiger partial charge >= 0.3 is 0 Å². The Kier molecular flexibility index (Phi) is 3.44. The number of benzene rings is 1. The van der Waals surface area contributed by atoms with Gasteiger partial charge in [-0.25, -0.2) is 4.39 Å². The van der Waals surface area contributed by atoms with Gasteiger partial charge in [-0.2, -0.15) is 0 Å². The Labute approximate surface area is 95.8 Å². The Morgan fingerprint density at radius 3 is 2.88 bits per heavy atom. The van der Waals surface area contributed by atoms with Crippen LogP contribution >= 0.6 is 0 Å². The molecule has 1 heterocycles. The van der Waals surface area contributed by atoms with E-state index in [2.05, 4.69) is 12.2 Å². The molecule has 1 saturated heterocycles. The highest BCUT2D eigenvalue weighted by atomic mass is 19.1. The van der Waals surface area contributed by atoms with Crippen LogP contribution in [0.4, 0.5) is 4.39 Å². The first kappa shape index (κ1) is 11.4. The van der Waals surface area contributed by atoms with Gasteiger partial charge in [-0.15, -0.1) is 0 Å². The third kappa shape index (κ3) is 2.19. The second-order valence-corrected chi connectivity index (χ2v) is 4.45. The number of hydrogen-bond acceptors (Lipinski definition) is 2. The second-order valence-electron chi connectivity index (χ2n) is 4.45. The van der Waals surface area contributed by atoms with Crippen molar-refractivity contribution in [1.82, 2.24) is 5.32 Å². The summed E-state index contributed by atoms with van der Waals surface area (Å²) in [4.78, 5) is 0. The highest BCUT2D eigenvalue weighted by Gasteiger charge is 2.23. The summed E-state index contributed by atoms with van der Waals surface area (Å²) in [5.41, 5.74) is 1.02. The second kappa shape index (κ2) is 4.83. The Bertz CT molecular complexity index is 367. The molecule has 0 amide bonds. The molecule has 1 aromatic carbocycles. The summed E-state index contributed by atoms with van der Waals surface area (Å²) in [6.07, 6.45) is 2.40. The molecule has 1 N–H and O–H groups in total. The van der Waals surface area contributed by atoms with Gasteiger partial charge in [0.25, 0.3) is 0 Å². The number of piperidine rings is 1. The van der Waals surface area contributed by atoms with Crippen molar-refractivity contribution in [2.24, 2.45) is 5.92 Å². The molecule has 2 atom stereocenters. The zero-order valence-electron chi connectivity index (χ0n) is 9.79. The van der Waals surface area contributed by atoms with Crippen LogP contribution in [0, 0.1) is 11.7 Å². The fourth-order valence-corrected chi connectivity index (χ4v) is 2.37. The van der Waals surface area contributed by atoms with Crippen LogP contribution in [0.2, 0.25) is 0 Å². The molecular formula is C13H18FNO. The quantitative estimate of drug-likeness (QED) is 0.832. The average Bonchev–Trinajstić information content (AvgIpc) is 2.29. The van der Waals surface area contributed by atoms with E-state index < -0.39 is 0 Å². The summed E-state index contributed by atoms with van der Waals surface area (Å²) in [5, 5.41) is 3.44. The monoisotopic (exact) mass is 223 g/mol. The van der Waals surface area contributed by atoms with E-state index in [9.17, 15) is 4.39 Å². The first-order valence-electron chi connectivity index (χ1n) is 5.79. The summed E-state index contributed by atoms with van der Waals surface area (Å²) in [6.45, 7) is 3.22. The maximum Gasteiger partial charge on any atom is 0.165 e. The number of halogens is 1. The molecule has 1 aromatic rings. The molecule has 0 radical (unpaired) electrons. The van der Waals surface area contributed by atoms with Crippen molar-refractivity contribution in [3.8, 4) is 5.75 Å². The number of nitrogens with one attached hydrogen (secondary N) is 1. The standard InChI is InChI=1S/C13H18FNO/c1-9-4-3-7-15-13(9)10-5-6-12(16-2)11(14)8-10/h5-6,8-9,13,15H,3-4,7H2,1-2H3. The van der Waals surface area contributed by atoms with Crippen LogP contribution in [-0.2, 0) is 0 Å². The highest BCUT2D eigenvalue weighted by molar-refractivity contribution is 5.31. The van der Waals surface area contributed by atoms with Crippen molar-refractivity contribution in [2.45, 2.75) is 25.8 Å². The lowest BCUT2D eigenvalue weighted by molar-refractivity contribution is 0.304. The summed E-state index contributed by atoms with van der Waals surface area (Å²) in [6, 6.07) is 5.50. The molecule has 1 aliphatic rings. The Morgan fingerprint density at radius 2 is 2.25 bits per heavy atom. The van der Waals surface area contributed by atoms with Crippen molar-refractivity contribution in [1.29, 1.82) is 0 Å². The molecule has 16 heavy (non-hydrogen) atoms. The Balaban J connectivity index is 2.22. The van der Waals surface area contributed by atoms with E-state index in [1.807, 2.05) is 6.07 Å². The minimum absolute atomic E-state index is 0.272. The Morgan fingerprint density at radius 1 is 1.44 bits per heavy atom. The summed E-state index contributed by atoms with van der Waals surface area (Å²) >= 11 is 0. The van der Waals surface area contributed by atoms with Crippen LogP contribution in [0.15, 0.2) is 18.2 Å². The van der Waals surface area contributed by atoms with Crippen molar-refractivity contribution < 1.29 is 9.13 Å². The van der Waals surface area contributed by atoms with Crippen LogP contribution in [0.25, 0.3) is 0 Å². The smallest absolute Gasteiger partial charge is 0.165 e. The van der Waals surface area contributed by atoms with Gasteiger partial charge in [0.2, 0.25) is 0 Å². The molecule has 2 rings (SSSR count). The number of rotatable bonds is 2. The molecule has 0 spiro atoms. The molecule has 0 aliphatic carbocycles. The lowest BCUT2D eigenvalue weighted by Gasteiger charge is -2.30. The fraction of sp³-hybridized carbons (Fsp3) is 0.538. The number of hydrogen-bond donors (Lipinski definition) is 1. The number of methoxy groups -OCH3 is 1. The van der Waals surface area contributed by atoms with Crippen LogP contribution in [0.5, 0.6) is 5.75 Å². The van der Waals surface area contributed by atoms with Gasteiger partial charge < -0.3 is 10.1 Å². The predicted octanol–water partition coefficient (Wildman–Crippen LogP) is 2.89. The van der Waals surface area contributed by atoms with E-state index >= 15 is 0 Å². The highest BCUT2D eigenvalue weighted by Crippen LogP contribution is 2.30. The predicted molar refractivity (Wildman–Crippen MR) is 62.1 cm³/mol. The third-order valence-electron chi connectivity index (χ3n) is 3.30. The van der Waals surface area contributed by atoms with E-state index in [4.69, 9.17) is 4.74 Å². The van der Waals surface area contributed by atoms with Gasteiger partial charge in [0.05, 0.1) is 7.11 Å². The molecule has 2 nitrogen and oxygen atoms in total. The largest absolute Gasteiger partial charge is 0.494 e. The van der Waals surface area contributed by atoms with E-state index in [0.29, 0.717) is 11.7 Å². The minimum atomic E-state index is -0.278. The van der Waals surface area contributed by atoms with Crippen LogP contribution in [-0.4, -0.2) is 13.7 Å². The topological polar surface area (TPSA) is 21.3 Å². The first-order valence-corrected chi connectivity index (χ1v) is 5.79. The lowest BCUT2D eigenvalue weighted by Crippen LogP contribution is -2.32. The number of ether oxygens (including phenoxy) is 1. The summed E-state index contributed by atoms with van der Waals surface area (Å²) < 4.78 is 18.5. The molecule has 0 aromatic heterocycles. The maximum atomic E-state index is 13.6. The van der Waals surface area contributed by atoms with Gasteiger partial charge in [-0.1, -0.05) is 13.0 Å². The molecule has 88 valence electrons. The molecule has 3 heteroatoms. The van der Waals surface area contributed by atoms with Gasteiger partial charge in [-0.3, -0.25) is 0 Å². The molecule has 2 unspecified atom stereocenters. The molecule has 1 fully saturated rings. The summed E-state index contributed by atoms with van der Waals surface area (Å²) in [5.74, 6) is 0.591. The van der Waals surface area contributed by atoms with Crippen molar-refractivity contribution >= 4 is 0 Å². The van der Waals surface area contributed by atoms with Crippen LogP contribution in [0.1, 0.15) is 31.4 Å². The zero-order chi connectivity index (χ0) is 11.5.